The molecule has 6 nitrogen and oxygen atoms in total. The molecule has 0 unspecified atom stereocenters. The number of halogens is 2. The van der Waals surface area contributed by atoms with Gasteiger partial charge in [0, 0.05) is 16.3 Å². The van der Waals surface area contributed by atoms with Crippen LogP contribution in [0, 0.1) is 0 Å². The number of anilines is 1. The molecule has 2 aromatic carbocycles. The third-order valence-corrected chi connectivity index (χ3v) is 3.91. The maximum absolute atomic E-state index is 11.9. The Morgan fingerprint density at radius 2 is 1.69 bits per heavy atom. The topological polar surface area (TPSA) is 73.9 Å². The van der Waals surface area contributed by atoms with Crippen molar-refractivity contribution in [2.75, 3.05) is 26.1 Å². The minimum absolute atomic E-state index is 0.0641. The summed E-state index contributed by atoms with van der Waals surface area (Å²) in [6.45, 7) is -0.425. The van der Waals surface area contributed by atoms with Gasteiger partial charge in [0.05, 0.1) is 25.7 Å². The summed E-state index contributed by atoms with van der Waals surface area (Å²) >= 11 is 11.9. The highest BCUT2D eigenvalue weighted by Gasteiger charge is 2.13. The summed E-state index contributed by atoms with van der Waals surface area (Å²) in [7, 11) is 2.99. The first kappa shape index (κ1) is 19.9. The number of rotatable bonds is 7. The van der Waals surface area contributed by atoms with E-state index in [0.717, 1.165) is 0 Å². The first-order valence-electron chi connectivity index (χ1n) is 7.54. The molecule has 0 aliphatic carbocycles. The van der Waals surface area contributed by atoms with E-state index in [4.69, 9.17) is 37.4 Å². The molecule has 26 heavy (non-hydrogen) atoms. The largest absolute Gasteiger partial charge is 0.496 e. The van der Waals surface area contributed by atoms with Crippen molar-refractivity contribution in [2.24, 2.45) is 0 Å². The predicted octanol–water partition coefficient (Wildman–Crippen LogP) is 3.74. The molecule has 0 aliphatic heterocycles. The molecular weight excluding hydrogens is 381 g/mol. The van der Waals surface area contributed by atoms with E-state index in [1.807, 2.05) is 0 Å². The van der Waals surface area contributed by atoms with Crippen LogP contribution in [0.25, 0.3) is 0 Å². The molecule has 1 N–H and O–H groups in total. The van der Waals surface area contributed by atoms with E-state index in [1.54, 1.807) is 30.3 Å². The summed E-state index contributed by atoms with van der Waals surface area (Å²) in [5.74, 6) is -0.0543. The molecule has 0 radical (unpaired) electrons. The van der Waals surface area contributed by atoms with Gasteiger partial charge in [-0.1, -0.05) is 23.2 Å². The van der Waals surface area contributed by atoms with Crippen LogP contribution in [0.2, 0.25) is 10.0 Å². The zero-order valence-corrected chi connectivity index (χ0v) is 15.7. The average molecular weight is 398 g/mol. The Bertz CT molecular complexity index is 810. The Kier molecular flexibility index (Phi) is 7.12. The van der Waals surface area contributed by atoms with Gasteiger partial charge in [-0.25, -0.2) is 0 Å². The van der Waals surface area contributed by atoms with Crippen LogP contribution in [0.5, 0.6) is 11.5 Å². The fourth-order valence-electron chi connectivity index (χ4n) is 2.18. The van der Waals surface area contributed by atoms with Gasteiger partial charge in [-0.15, -0.1) is 0 Å². The highest BCUT2D eigenvalue weighted by Crippen LogP contribution is 2.27. The van der Waals surface area contributed by atoms with Crippen LogP contribution in [-0.2, 0) is 20.7 Å². The highest BCUT2D eigenvalue weighted by atomic mass is 35.5. The SMILES string of the molecule is COc1ccc(NC(=O)COC(=O)Cc2cc(Cl)ccc2OC)cc1Cl. The average Bonchev–Trinajstić information content (AvgIpc) is 2.60. The number of esters is 1. The third-order valence-electron chi connectivity index (χ3n) is 3.38. The van der Waals surface area contributed by atoms with E-state index in [9.17, 15) is 9.59 Å². The second-order valence-corrected chi connectivity index (χ2v) is 6.03. The van der Waals surface area contributed by atoms with Crippen LogP contribution < -0.4 is 14.8 Å². The van der Waals surface area contributed by atoms with Crippen molar-refractivity contribution in [2.45, 2.75) is 6.42 Å². The monoisotopic (exact) mass is 397 g/mol. The summed E-state index contributed by atoms with van der Waals surface area (Å²) < 4.78 is 15.2. The number of amides is 1. The molecular formula is C18H17Cl2NO5. The fourth-order valence-corrected chi connectivity index (χ4v) is 2.63. The Morgan fingerprint density at radius 1 is 1.00 bits per heavy atom. The zero-order chi connectivity index (χ0) is 19.1. The third kappa shape index (κ3) is 5.54. The molecule has 0 aliphatic rings. The van der Waals surface area contributed by atoms with Gasteiger partial charge in [0.25, 0.3) is 5.91 Å². The van der Waals surface area contributed by atoms with Crippen LogP contribution in [0.1, 0.15) is 5.56 Å². The summed E-state index contributed by atoms with van der Waals surface area (Å²) in [6.07, 6.45) is -0.0641. The van der Waals surface area contributed by atoms with Gasteiger partial charge in [-0.05, 0) is 36.4 Å². The van der Waals surface area contributed by atoms with Crippen molar-refractivity contribution < 1.29 is 23.8 Å². The Balaban J connectivity index is 1.88. The van der Waals surface area contributed by atoms with Crippen molar-refractivity contribution in [1.82, 2.24) is 0 Å². The maximum Gasteiger partial charge on any atom is 0.310 e. The van der Waals surface area contributed by atoms with Crippen molar-refractivity contribution in [3.8, 4) is 11.5 Å². The first-order valence-corrected chi connectivity index (χ1v) is 8.30. The number of methoxy groups -OCH3 is 2. The van der Waals surface area contributed by atoms with Crippen LogP contribution in [0.4, 0.5) is 5.69 Å². The van der Waals surface area contributed by atoms with Gasteiger partial charge in [0.15, 0.2) is 6.61 Å². The van der Waals surface area contributed by atoms with Gasteiger partial charge in [-0.3, -0.25) is 9.59 Å². The van der Waals surface area contributed by atoms with Gasteiger partial charge in [-0.2, -0.15) is 0 Å². The molecule has 0 aromatic heterocycles. The minimum Gasteiger partial charge on any atom is -0.496 e. The predicted molar refractivity (Wildman–Crippen MR) is 99.3 cm³/mol. The van der Waals surface area contributed by atoms with E-state index in [0.29, 0.717) is 32.8 Å². The van der Waals surface area contributed by atoms with E-state index in [-0.39, 0.29) is 6.42 Å². The normalized spacial score (nSPS) is 10.2. The summed E-state index contributed by atoms with van der Waals surface area (Å²) in [5, 5.41) is 3.41. The van der Waals surface area contributed by atoms with Crippen LogP contribution in [-0.4, -0.2) is 32.7 Å². The number of nitrogens with one attached hydrogen (secondary N) is 1. The molecule has 2 rings (SSSR count). The first-order chi connectivity index (χ1) is 12.4. The fraction of sp³-hybridized carbons (Fsp3) is 0.222. The van der Waals surface area contributed by atoms with E-state index in [2.05, 4.69) is 5.32 Å². The molecule has 0 saturated heterocycles. The molecule has 0 bridgehead atoms. The minimum atomic E-state index is -0.575. The van der Waals surface area contributed by atoms with Crippen molar-refractivity contribution in [1.29, 1.82) is 0 Å². The van der Waals surface area contributed by atoms with Gasteiger partial charge < -0.3 is 19.5 Å². The lowest BCUT2D eigenvalue weighted by Crippen LogP contribution is -2.21. The number of carbonyl (C=O) groups excluding carboxylic acids is 2. The smallest absolute Gasteiger partial charge is 0.310 e. The number of carbonyl (C=O) groups is 2. The van der Waals surface area contributed by atoms with Gasteiger partial charge >= 0.3 is 5.97 Å². The van der Waals surface area contributed by atoms with Crippen molar-refractivity contribution >= 4 is 40.8 Å². The lowest BCUT2D eigenvalue weighted by Gasteiger charge is -2.10. The van der Waals surface area contributed by atoms with Crippen LogP contribution in [0.15, 0.2) is 36.4 Å². The molecule has 0 atom stereocenters. The Hall–Kier alpha value is -2.44. The quantitative estimate of drug-likeness (QED) is 0.720. The number of ether oxygens (including phenoxy) is 3. The lowest BCUT2D eigenvalue weighted by atomic mass is 10.1. The summed E-state index contributed by atoms with van der Waals surface area (Å²) in [6, 6.07) is 9.71. The molecule has 0 heterocycles. The van der Waals surface area contributed by atoms with Crippen LogP contribution >= 0.6 is 23.2 Å². The Labute approximate surface area is 160 Å². The number of hydrogen-bond donors (Lipinski definition) is 1. The van der Waals surface area contributed by atoms with Crippen LogP contribution in [0.3, 0.4) is 0 Å². The second-order valence-electron chi connectivity index (χ2n) is 5.19. The molecule has 0 spiro atoms. The van der Waals surface area contributed by atoms with Gasteiger partial charge in [0.1, 0.15) is 11.5 Å². The molecule has 0 saturated carbocycles. The second kappa shape index (κ2) is 9.31. The summed E-state index contributed by atoms with van der Waals surface area (Å²) in [5.41, 5.74) is 1.04. The van der Waals surface area contributed by atoms with Crippen molar-refractivity contribution in [3.05, 3.63) is 52.0 Å². The van der Waals surface area contributed by atoms with E-state index < -0.39 is 18.5 Å². The molecule has 0 fully saturated rings. The van der Waals surface area contributed by atoms with E-state index in [1.165, 1.54) is 20.3 Å². The lowest BCUT2D eigenvalue weighted by molar-refractivity contribution is -0.146. The van der Waals surface area contributed by atoms with Crippen molar-refractivity contribution in [3.63, 3.8) is 0 Å². The zero-order valence-electron chi connectivity index (χ0n) is 14.2. The molecule has 8 heteroatoms. The molecule has 2 aromatic rings. The standard InChI is InChI=1S/C18H17Cl2NO5/c1-24-15-5-3-12(19)7-11(15)8-18(23)26-10-17(22)21-13-4-6-16(25-2)14(20)9-13/h3-7,9H,8,10H2,1-2H3,(H,21,22). The summed E-state index contributed by atoms with van der Waals surface area (Å²) in [4.78, 5) is 23.9. The highest BCUT2D eigenvalue weighted by molar-refractivity contribution is 6.32. The van der Waals surface area contributed by atoms with E-state index >= 15 is 0 Å². The number of benzene rings is 2. The molecule has 138 valence electrons. The molecule has 1 amide bonds. The maximum atomic E-state index is 11.9. The Morgan fingerprint density at radius 3 is 2.35 bits per heavy atom. The number of hydrogen-bond acceptors (Lipinski definition) is 5. The van der Waals surface area contributed by atoms with Gasteiger partial charge in [0.2, 0.25) is 0 Å².